The summed E-state index contributed by atoms with van der Waals surface area (Å²) in [5, 5.41) is 4.33. The lowest BCUT2D eigenvalue weighted by Crippen LogP contribution is -3.00. The van der Waals surface area contributed by atoms with Crippen LogP contribution in [0.15, 0.2) is 115 Å². The van der Waals surface area contributed by atoms with Crippen LogP contribution in [0.1, 0.15) is 5.56 Å². The SMILES string of the molecule is Ic1ccccc1[P+](Cc1ccccc1)(c1ccccc1)c1ccccc1.[Cl-]. The van der Waals surface area contributed by atoms with E-state index in [2.05, 4.69) is 138 Å². The van der Waals surface area contributed by atoms with Crippen LogP contribution in [0.4, 0.5) is 0 Å². The van der Waals surface area contributed by atoms with Gasteiger partial charge in [-0.15, -0.1) is 0 Å². The Morgan fingerprint density at radius 3 is 1.46 bits per heavy atom. The van der Waals surface area contributed by atoms with E-state index in [0.29, 0.717) is 0 Å². The number of halogens is 2. The molecule has 0 aliphatic heterocycles. The Morgan fingerprint density at radius 2 is 0.964 bits per heavy atom. The molecule has 0 bridgehead atoms. The standard InChI is InChI=1S/C25H21IP.ClH/c26-24-18-10-11-19-25(24)27(22-14-6-2-7-15-22,23-16-8-3-9-17-23)20-21-12-4-1-5-13-21;/h1-19H,20H2;1H/q+1;/p-1. The summed E-state index contributed by atoms with van der Waals surface area (Å²) in [6.45, 7) is 0. The van der Waals surface area contributed by atoms with E-state index in [0.717, 1.165) is 6.16 Å². The number of hydrogen-bond donors (Lipinski definition) is 0. The molecule has 0 spiro atoms. The normalized spacial score (nSPS) is 10.9. The molecule has 4 rings (SSSR count). The molecule has 0 nitrogen and oxygen atoms in total. The molecule has 28 heavy (non-hydrogen) atoms. The Hall–Kier alpha value is -1.67. The topological polar surface area (TPSA) is 0 Å². The molecule has 0 N–H and O–H groups in total. The first-order valence-corrected chi connectivity index (χ1v) is 12.1. The predicted octanol–water partition coefficient (Wildman–Crippen LogP) is 2.79. The monoisotopic (exact) mass is 514 g/mol. The van der Waals surface area contributed by atoms with Crippen molar-refractivity contribution in [2.75, 3.05) is 0 Å². The lowest BCUT2D eigenvalue weighted by Gasteiger charge is -2.28. The van der Waals surface area contributed by atoms with Crippen molar-refractivity contribution in [2.24, 2.45) is 0 Å². The number of rotatable bonds is 5. The quantitative estimate of drug-likeness (QED) is 0.284. The minimum absolute atomic E-state index is 0. The van der Waals surface area contributed by atoms with Gasteiger partial charge < -0.3 is 12.4 Å². The third-order valence-corrected chi connectivity index (χ3v) is 10.7. The van der Waals surface area contributed by atoms with Gasteiger partial charge in [-0.3, -0.25) is 0 Å². The van der Waals surface area contributed by atoms with Gasteiger partial charge in [0.2, 0.25) is 0 Å². The Bertz CT molecular complexity index is 965. The highest BCUT2D eigenvalue weighted by Gasteiger charge is 2.46. The molecule has 0 amide bonds. The lowest BCUT2D eigenvalue weighted by molar-refractivity contribution is -0.00000508. The van der Waals surface area contributed by atoms with Crippen LogP contribution in [0.25, 0.3) is 0 Å². The van der Waals surface area contributed by atoms with Crippen molar-refractivity contribution in [3.63, 3.8) is 0 Å². The fourth-order valence-electron chi connectivity index (χ4n) is 3.68. The molecule has 4 aromatic carbocycles. The van der Waals surface area contributed by atoms with Gasteiger partial charge in [-0.05, 0) is 64.6 Å². The van der Waals surface area contributed by atoms with Gasteiger partial charge in [0.15, 0.2) is 0 Å². The Balaban J connectivity index is 0.00000225. The number of benzene rings is 4. The highest BCUT2D eigenvalue weighted by Crippen LogP contribution is 2.58. The molecular formula is C25H21ClIP. The van der Waals surface area contributed by atoms with E-state index in [9.17, 15) is 0 Å². The molecule has 0 atom stereocenters. The van der Waals surface area contributed by atoms with Crippen molar-refractivity contribution in [3.05, 3.63) is 124 Å². The number of hydrogen-bond acceptors (Lipinski definition) is 0. The maximum atomic E-state index is 2.51. The van der Waals surface area contributed by atoms with E-state index in [1.165, 1.54) is 25.0 Å². The fraction of sp³-hybridized carbons (Fsp3) is 0.0400. The second-order valence-corrected chi connectivity index (χ2v) is 11.2. The summed E-state index contributed by atoms with van der Waals surface area (Å²) in [6.07, 6.45) is 1.03. The van der Waals surface area contributed by atoms with Gasteiger partial charge in [-0.1, -0.05) is 78.9 Å². The van der Waals surface area contributed by atoms with Crippen molar-refractivity contribution >= 4 is 45.8 Å². The van der Waals surface area contributed by atoms with Crippen molar-refractivity contribution in [1.29, 1.82) is 0 Å². The zero-order chi connectivity index (χ0) is 18.5. The smallest absolute Gasteiger partial charge is 0.118 e. The molecule has 0 heterocycles. The van der Waals surface area contributed by atoms with Gasteiger partial charge in [0.05, 0.1) is 9.73 Å². The lowest BCUT2D eigenvalue weighted by atomic mass is 10.2. The summed E-state index contributed by atoms with van der Waals surface area (Å²) in [5.74, 6) is 0. The zero-order valence-corrected chi connectivity index (χ0v) is 19.2. The van der Waals surface area contributed by atoms with Gasteiger partial charge in [-0.25, -0.2) is 0 Å². The summed E-state index contributed by atoms with van der Waals surface area (Å²) in [4.78, 5) is 0. The first-order chi connectivity index (χ1) is 13.3. The van der Waals surface area contributed by atoms with E-state index in [4.69, 9.17) is 0 Å². The van der Waals surface area contributed by atoms with Crippen molar-refractivity contribution < 1.29 is 12.4 Å². The first kappa shape index (κ1) is 21.0. The molecular weight excluding hydrogens is 494 g/mol. The van der Waals surface area contributed by atoms with Gasteiger partial charge in [0.25, 0.3) is 0 Å². The Labute approximate surface area is 187 Å². The summed E-state index contributed by atoms with van der Waals surface area (Å²) < 4.78 is 1.34. The van der Waals surface area contributed by atoms with Crippen molar-refractivity contribution in [2.45, 2.75) is 6.16 Å². The fourth-order valence-corrected chi connectivity index (χ4v) is 9.59. The van der Waals surface area contributed by atoms with Gasteiger partial charge in [-0.2, -0.15) is 0 Å². The van der Waals surface area contributed by atoms with Crippen LogP contribution in [0, 0.1) is 3.57 Å². The van der Waals surface area contributed by atoms with Crippen LogP contribution in [-0.2, 0) is 6.16 Å². The van der Waals surface area contributed by atoms with Gasteiger partial charge in [0.1, 0.15) is 23.2 Å². The second-order valence-electron chi connectivity index (χ2n) is 6.58. The van der Waals surface area contributed by atoms with E-state index >= 15 is 0 Å². The molecule has 0 saturated heterocycles. The van der Waals surface area contributed by atoms with Crippen molar-refractivity contribution in [3.8, 4) is 0 Å². The first-order valence-electron chi connectivity index (χ1n) is 9.09. The van der Waals surface area contributed by atoms with Crippen molar-refractivity contribution in [1.82, 2.24) is 0 Å². The third-order valence-electron chi connectivity index (χ3n) is 4.92. The van der Waals surface area contributed by atoms with Gasteiger partial charge >= 0.3 is 0 Å². The molecule has 0 aliphatic carbocycles. The molecule has 3 heteroatoms. The summed E-state index contributed by atoms with van der Waals surface area (Å²) in [7, 11) is -1.82. The highest BCUT2D eigenvalue weighted by atomic mass is 127. The van der Waals surface area contributed by atoms with Crippen LogP contribution in [0.2, 0.25) is 0 Å². The summed E-state index contributed by atoms with van der Waals surface area (Å²) in [6, 6.07) is 42.0. The summed E-state index contributed by atoms with van der Waals surface area (Å²) >= 11 is 2.51. The van der Waals surface area contributed by atoms with E-state index < -0.39 is 7.26 Å². The van der Waals surface area contributed by atoms with Crippen LogP contribution >= 0.6 is 29.9 Å². The van der Waals surface area contributed by atoms with E-state index in [-0.39, 0.29) is 12.4 Å². The summed E-state index contributed by atoms with van der Waals surface area (Å²) in [5.41, 5.74) is 1.39. The highest BCUT2D eigenvalue weighted by molar-refractivity contribution is 14.1. The maximum absolute atomic E-state index is 2.51. The van der Waals surface area contributed by atoms with Crippen LogP contribution < -0.4 is 28.3 Å². The zero-order valence-electron chi connectivity index (χ0n) is 15.4. The Kier molecular flexibility index (Phi) is 7.29. The largest absolute Gasteiger partial charge is 1.00 e. The Morgan fingerprint density at radius 1 is 0.536 bits per heavy atom. The molecule has 0 radical (unpaired) electrons. The third kappa shape index (κ3) is 4.17. The average molecular weight is 515 g/mol. The average Bonchev–Trinajstić information content (AvgIpc) is 2.75. The maximum Gasteiger partial charge on any atom is 0.118 e. The molecule has 4 aromatic rings. The molecule has 0 unspecified atom stereocenters. The second kappa shape index (κ2) is 9.69. The molecule has 0 saturated carbocycles. The minimum atomic E-state index is -1.82. The van der Waals surface area contributed by atoms with Crippen LogP contribution in [-0.4, -0.2) is 0 Å². The predicted molar refractivity (Wildman–Crippen MR) is 128 cm³/mol. The van der Waals surface area contributed by atoms with E-state index in [1.807, 2.05) is 0 Å². The molecule has 0 aliphatic rings. The van der Waals surface area contributed by atoms with E-state index in [1.54, 1.807) is 0 Å². The van der Waals surface area contributed by atoms with Crippen LogP contribution in [0.3, 0.4) is 0 Å². The molecule has 0 aromatic heterocycles. The van der Waals surface area contributed by atoms with Gasteiger partial charge in [0, 0.05) is 0 Å². The molecule has 140 valence electrons. The minimum Gasteiger partial charge on any atom is -1.00 e. The van der Waals surface area contributed by atoms with Crippen LogP contribution in [0.5, 0.6) is 0 Å². The molecule has 0 fully saturated rings.